The summed E-state index contributed by atoms with van der Waals surface area (Å²) in [7, 11) is -3.91. The molecule has 3 N–H and O–H groups in total. The van der Waals surface area contributed by atoms with Crippen LogP contribution in [0.3, 0.4) is 0 Å². The molecule has 0 spiro atoms. The second-order valence-corrected chi connectivity index (χ2v) is 8.27. The fraction of sp³-hybridized carbons (Fsp3) is 0.0667. The van der Waals surface area contributed by atoms with Gasteiger partial charge in [0.05, 0.1) is 10.2 Å². The highest BCUT2D eigenvalue weighted by molar-refractivity contribution is 7.91. The van der Waals surface area contributed by atoms with Crippen molar-refractivity contribution in [1.29, 1.82) is 0 Å². The standard InChI is InChI=1S/C15H11ClN2O5S2/c16-10-4-1-8(2-5-10)13(23-15(19)20)9-3-6-11-12(7-9)24-14(18-11)25(17,21)22/h1-7,13H,(H,19,20)(H2,17,21,22). The SMILES string of the molecule is NS(=O)(=O)c1nc2ccc(C(OC(=O)O)c3ccc(Cl)cc3)cc2s1. The minimum atomic E-state index is -3.91. The third-order valence-corrected chi connectivity index (χ3v) is 5.92. The molecule has 25 heavy (non-hydrogen) atoms. The van der Waals surface area contributed by atoms with Gasteiger partial charge in [-0.3, -0.25) is 0 Å². The molecule has 1 heterocycles. The van der Waals surface area contributed by atoms with E-state index in [9.17, 15) is 13.2 Å². The van der Waals surface area contributed by atoms with E-state index in [4.69, 9.17) is 26.6 Å². The zero-order valence-electron chi connectivity index (χ0n) is 12.4. The van der Waals surface area contributed by atoms with Crippen molar-refractivity contribution in [2.75, 3.05) is 0 Å². The molecule has 0 fully saturated rings. The molecule has 0 radical (unpaired) electrons. The van der Waals surface area contributed by atoms with Crippen molar-refractivity contribution < 1.29 is 23.1 Å². The molecule has 0 aliphatic rings. The van der Waals surface area contributed by atoms with Crippen LogP contribution in [0.25, 0.3) is 10.2 Å². The number of carbonyl (C=O) groups is 1. The van der Waals surface area contributed by atoms with Crippen molar-refractivity contribution in [1.82, 2.24) is 4.98 Å². The maximum atomic E-state index is 11.4. The summed E-state index contributed by atoms with van der Waals surface area (Å²) in [5.41, 5.74) is 1.56. The number of rotatable bonds is 4. The van der Waals surface area contributed by atoms with E-state index in [0.29, 0.717) is 26.4 Å². The van der Waals surface area contributed by atoms with Gasteiger partial charge < -0.3 is 9.84 Å². The summed E-state index contributed by atoms with van der Waals surface area (Å²) in [4.78, 5) is 15.0. The highest BCUT2D eigenvalue weighted by Crippen LogP contribution is 2.32. The first-order valence-electron chi connectivity index (χ1n) is 6.82. The number of benzene rings is 2. The Morgan fingerprint density at radius 2 is 1.84 bits per heavy atom. The zero-order chi connectivity index (χ0) is 18.2. The third-order valence-electron chi connectivity index (χ3n) is 3.33. The van der Waals surface area contributed by atoms with Gasteiger partial charge in [-0.05, 0) is 35.4 Å². The molecule has 2 aromatic carbocycles. The number of thiazole rings is 1. The van der Waals surface area contributed by atoms with Crippen LogP contribution >= 0.6 is 22.9 Å². The van der Waals surface area contributed by atoms with Crippen molar-refractivity contribution in [3.63, 3.8) is 0 Å². The minimum Gasteiger partial charge on any atom is -0.450 e. The van der Waals surface area contributed by atoms with Gasteiger partial charge in [0.25, 0.3) is 10.0 Å². The van der Waals surface area contributed by atoms with E-state index in [1.54, 1.807) is 42.5 Å². The summed E-state index contributed by atoms with van der Waals surface area (Å²) < 4.78 is 28.2. The largest absolute Gasteiger partial charge is 0.506 e. The first-order chi connectivity index (χ1) is 11.7. The average molecular weight is 399 g/mol. The number of primary sulfonamides is 1. The summed E-state index contributed by atoms with van der Waals surface area (Å²) in [6, 6.07) is 11.4. The Hall–Kier alpha value is -2.20. The maximum absolute atomic E-state index is 11.4. The van der Waals surface area contributed by atoms with Gasteiger partial charge >= 0.3 is 6.16 Å². The summed E-state index contributed by atoms with van der Waals surface area (Å²) in [6.07, 6.45) is -2.33. The highest BCUT2D eigenvalue weighted by atomic mass is 35.5. The third kappa shape index (κ3) is 3.90. The fourth-order valence-electron chi connectivity index (χ4n) is 2.27. The molecule has 10 heteroatoms. The molecule has 1 aromatic heterocycles. The topological polar surface area (TPSA) is 120 Å². The number of carboxylic acid groups (broad SMARTS) is 1. The van der Waals surface area contributed by atoms with E-state index in [1.165, 1.54) is 0 Å². The Balaban J connectivity index is 2.08. The lowest BCUT2D eigenvalue weighted by Crippen LogP contribution is -2.11. The number of nitrogens with two attached hydrogens (primary N) is 1. The predicted molar refractivity (Wildman–Crippen MR) is 93.4 cm³/mol. The van der Waals surface area contributed by atoms with Crippen molar-refractivity contribution in [2.45, 2.75) is 10.4 Å². The van der Waals surface area contributed by atoms with Crippen molar-refractivity contribution in [3.05, 3.63) is 58.6 Å². The summed E-state index contributed by atoms with van der Waals surface area (Å²) in [5.74, 6) is 0. The van der Waals surface area contributed by atoms with E-state index in [2.05, 4.69) is 4.98 Å². The Bertz CT molecular complexity index is 1050. The number of halogens is 1. The molecule has 0 aliphatic carbocycles. The van der Waals surface area contributed by atoms with Gasteiger partial charge in [-0.15, -0.1) is 11.3 Å². The summed E-state index contributed by atoms with van der Waals surface area (Å²) in [6.45, 7) is 0. The van der Waals surface area contributed by atoms with E-state index >= 15 is 0 Å². The molecule has 0 amide bonds. The Labute approximate surface area is 151 Å². The molecule has 0 aliphatic heterocycles. The number of sulfonamides is 1. The number of fused-ring (bicyclic) bond motifs is 1. The predicted octanol–water partition coefficient (Wildman–Crippen LogP) is 3.38. The van der Waals surface area contributed by atoms with E-state index in [-0.39, 0.29) is 4.34 Å². The normalized spacial score (nSPS) is 12.9. The van der Waals surface area contributed by atoms with Gasteiger partial charge in [0.15, 0.2) is 6.10 Å². The average Bonchev–Trinajstić information content (AvgIpc) is 2.97. The van der Waals surface area contributed by atoms with Crippen LogP contribution in [0.1, 0.15) is 17.2 Å². The van der Waals surface area contributed by atoms with Crippen molar-refractivity contribution in [3.8, 4) is 0 Å². The zero-order valence-corrected chi connectivity index (χ0v) is 14.8. The van der Waals surface area contributed by atoms with Gasteiger partial charge in [-0.25, -0.2) is 23.3 Å². The van der Waals surface area contributed by atoms with Gasteiger partial charge in [-0.1, -0.05) is 29.8 Å². The number of ether oxygens (including phenoxy) is 1. The molecule has 1 atom stereocenters. The lowest BCUT2D eigenvalue weighted by molar-refractivity contribution is 0.0663. The van der Waals surface area contributed by atoms with Crippen LogP contribution in [0, 0.1) is 0 Å². The van der Waals surface area contributed by atoms with Gasteiger partial charge in [0.1, 0.15) is 0 Å². The Morgan fingerprint density at radius 3 is 2.44 bits per heavy atom. The van der Waals surface area contributed by atoms with Crippen molar-refractivity contribution >= 4 is 49.3 Å². The molecule has 3 aromatic rings. The van der Waals surface area contributed by atoms with Crippen LogP contribution in [-0.4, -0.2) is 24.7 Å². The minimum absolute atomic E-state index is 0.207. The quantitative estimate of drug-likeness (QED) is 0.650. The number of hydrogen-bond acceptors (Lipinski definition) is 6. The molecular weight excluding hydrogens is 388 g/mol. The first kappa shape index (κ1) is 17.6. The maximum Gasteiger partial charge on any atom is 0.506 e. The summed E-state index contributed by atoms with van der Waals surface area (Å²) >= 11 is 6.76. The molecule has 3 rings (SSSR count). The smallest absolute Gasteiger partial charge is 0.450 e. The van der Waals surface area contributed by atoms with Gasteiger partial charge in [0.2, 0.25) is 4.34 Å². The molecule has 0 bridgehead atoms. The highest BCUT2D eigenvalue weighted by Gasteiger charge is 2.21. The molecule has 0 saturated carbocycles. The number of aromatic nitrogens is 1. The second kappa shape index (κ2) is 6.60. The van der Waals surface area contributed by atoms with Crippen LogP contribution in [0.2, 0.25) is 5.02 Å². The Kier molecular flexibility index (Phi) is 4.65. The second-order valence-electron chi connectivity index (χ2n) is 5.07. The van der Waals surface area contributed by atoms with Gasteiger partial charge in [0, 0.05) is 5.02 Å². The lowest BCUT2D eigenvalue weighted by Gasteiger charge is -2.17. The van der Waals surface area contributed by atoms with E-state index in [1.807, 2.05) is 0 Å². The van der Waals surface area contributed by atoms with Gasteiger partial charge in [-0.2, -0.15) is 0 Å². The van der Waals surface area contributed by atoms with E-state index in [0.717, 1.165) is 11.3 Å². The summed E-state index contributed by atoms with van der Waals surface area (Å²) in [5, 5.41) is 14.6. The fourth-order valence-corrected chi connectivity index (χ4v) is 4.10. The van der Waals surface area contributed by atoms with Crippen LogP contribution in [-0.2, 0) is 14.8 Å². The van der Waals surface area contributed by atoms with Crippen LogP contribution in [0.4, 0.5) is 4.79 Å². The van der Waals surface area contributed by atoms with Crippen LogP contribution < -0.4 is 5.14 Å². The lowest BCUT2D eigenvalue weighted by atomic mass is 10.0. The molecule has 7 nitrogen and oxygen atoms in total. The van der Waals surface area contributed by atoms with Crippen LogP contribution in [0.5, 0.6) is 0 Å². The molecule has 1 unspecified atom stereocenters. The first-order valence-corrected chi connectivity index (χ1v) is 9.56. The van der Waals surface area contributed by atoms with Crippen LogP contribution in [0.15, 0.2) is 46.8 Å². The molecule has 0 saturated heterocycles. The molecular formula is C15H11ClN2O5S2. The number of nitrogens with zero attached hydrogens (tertiary/aromatic N) is 1. The Morgan fingerprint density at radius 1 is 1.20 bits per heavy atom. The number of hydrogen-bond donors (Lipinski definition) is 2. The molecule has 130 valence electrons. The van der Waals surface area contributed by atoms with Crippen molar-refractivity contribution in [2.24, 2.45) is 5.14 Å². The monoisotopic (exact) mass is 398 g/mol. The van der Waals surface area contributed by atoms with E-state index < -0.39 is 22.3 Å².